The summed E-state index contributed by atoms with van der Waals surface area (Å²) in [5.74, 6) is -2.25. The molecule has 1 rings (SSSR count). The van der Waals surface area contributed by atoms with Crippen LogP contribution in [0.15, 0.2) is 24.3 Å². The first kappa shape index (κ1) is 25.2. The van der Waals surface area contributed by atoms with Crippen molar-refractivity contribution < 1.29 is 29.4 Å². The van der Waals surface area contributed by atoms with Gasteiger partial charge in [-0.2, -0.15) is 11.8 Å². The topological polar surface area (TPSA) is 171 Å². The number of carboxylic acid groups (broad SMARTS) is 1. The van der Waals surface area contributed by atoms with Crippen LogP contribution in [0.5, 0.6) is 5.75 Å². The van der Waals surface area contributed by atoms with E-state index in [-0.39, 0.29) is 18.7 Å². The van der Waals surface area contributed by atoms with Crippen molar-refractivity contribution >= 4 is 35.5 Å². The van der Waals surface area contributed by atoms with Crippen LogP contribution in [0.3, 0.4) is 0 Å². The largest absolute Gasteiger partial charge is 0.508 e. The highest BCUT2D eigenvalue weighted by molar-refractivity contribution is 7.98. The molecule has 1 aromatic rings. The zero-order valence-corrected chi connectivity index (χ0v) is 17.7. The molecule has 3 atom stereocenters. The second-order valence-electron chi connectivity index (χ2n) is 6.66. The van der Waals surface area contributed by atoms with Crippen LogP contribution in [0.1, 0.15) is 18.9 Å². The fourth-order valence-corrected chi connectivity index (χ4v) is 2.86. The molecule has 3 amide bonds. The van der Waals surface area contributed by atoms with Gasteiger partial charge in [0, 0.05) is 6.42 Å². The summed E-state index contributed by atoms with van der Waals surface area (Å²) in [4.78, 5) is 47.7. The smallest absolute Gasteiger partial charge is 0.325 e. The maximum Gasteiger partial charge on any atom is 0.325 e. The Hall–Kier alpha value is -2.79. The van der Waals surface area contributed by atoms with Crippen molar-refractivity contribution in [1.82, 2.24) is 16.0 Å². The molecule has 0 radical (unpaired) electrons. The van der Waals surface area contributed by atoms with Gasteiger partial charge < -0.3 is 31.9 Å². The number of rotatable bonds is 12. The number of benzene rings is 1. The van der Waals surface area contributed by atoms with Crippen LogP contribution in [-0.2, 0) is 25.6 Å². The minimum Gasteiger partial charge on any atom is -0.508 e. The number of aromatic hydroxyl groups is 1. The molecule has 0 aliphatic carbocycles. The van der Waals surface area contributed by atoms with Crippen molar-refractivity contribution in [1.29, 1.82) is 0 Å². The van der Waals surface area contributed by atoms with E-state index < -0.39 is 41.8 Å². The predicted octanol–water partition coefficient (Wildman–Crippen LogP) is -0.795. The lowest BCUT2D eigenvalue weighted by Crippen LogP contribution is -2.54. The predicted molar refractivity (Wildman–Crippen MR) is 113 cm³/mol. The molecule has 0 spiro atoms. The second kappa shape index (κ2) is 12.7. The molecule has 7 N–H and O–H groups in total. The Morgan fingerprint density at radius 1 is 1.10 bits per heavy atom. The van der Waals surface area contributed by atoms with Gasteiger partial charge in [-0.05, 0) is 43.0 Å². The number of carboxylic acids is 1. The zero-order chi connectivity index (χ0) is 22.7. The van der Waals surface area contributed by atoms with Crippen molar-refractivity contribution in [2.24, 2.45) is 5.73 Å². The molecule has 3 unspecified atom stereocenters. The van der Waals surface area contributed by atoms with Crippen LogP contribution in [0.25, 0.3) is 0 Å². The SMILES string of the molecule is CSCCC(N)C(=O)NCC(=O)NC(Cc1ccc(O)cc1)C(=O)NC(C)C(=O)O. The van der Waals surface area contributed by atoms with Gasteiger partial charge in [0.25, 0.3) is 0 Å². The molecule has 0 saturated heterocycles. The summed E-state index contributed by atoms with van der Waals surface area (Å²) in [6.07, 6.45) is 2.42. The molecule has 11 heteroatoms. The molecule has 0 aromatic heterocycles. The molecule has 166 valence electrons. The van der Waals surface area contributed by atoms with E-state index in [0.29, 0.717) is 17.7 Å². The second-order valence-corrected chi connectivity index (χ2v) is 7.65. The Kier molecular flexibility index (Phi) is 10.7. The van der Waals surface area contributed by atoms with Gasteiger partial charge in [0.15, 0.2) is 0 Å². The lowest BCUT2D eigenvalue weighted by Gasteiger charge is -2.20. The number of nitrogens with two attached hydrogens (primary N) is 1. The van der Waals surface area contributed by atoms with E-state index in [2.05, 4.69) is 16.0 Å². The Balaban J connectivity index is 2.74. The summed E-state index contributed by atoms with van der Waals surface area (Å²) in [7, 11) is 0. The Bertz CT molecular complexity index is 743. The number of carbonyl (C=O) groups excluding carboxylic acids is 3. The van der Waals surface area contributed by atoms with E-state index in [4.69, 9.17) is 10.8 Å². The van der Waals surface area contributed by atoms with Gasteiger partial charge in [-0.3, -0.25) is 19.2 Å². The molecular weight excluding hydrogens is 412 g/mol. The van der Waals surface area contributed by atoms with Gasteiger partial charge in [0.1, 0.15) is 17.8 Å². The van der Waals surface area contributed by atoms with Crippen LogP contribution >= 0.6 is 11.8 Å². The van der Waals surface area contributed by atoms with Crippen LogP contribution in [-0.4, -0.2) is 70.6 Å². The van der Waals surface area contributed by atoms with Gasteiger partial charge in [0.2, 0.25) is 17.7 Å². The summed E-state index contributed by atoms with van der Waals surface area (Å²) >= 11 is 1.55. The fraction of sp³-hybridized carbons (Fsp3) is 0.474. The average Bonchev–Trinajstić information content (AvgIpc) is 2.70. The van der Waals surface area contributed by atoms with Gasteiger partial charge in [-0.15, -0.1) is 0 Å². The summed E-state index contributed by atoms with van der Waals surface area (Å²) in [5.41, 5.74) is 6.38. The minimum absolute atomic E-state index is 0.0452. The molecule has 0 bridgehead atoms. The number of hydrogen-bond acceptors (Lipinski definition) is 7. The van der Waals surface area contributed by atoms with Gasteiger partial charge >= 0.3 is 5.97 Å². The van der Waals surface area contributed by atoms with Gasteiger partial charge in [0.05, 0.1) is 12.6 Å². The molecular formula is C19H28N4O6S. The van der Waals surface area contributed by atoms with E-state index in [0.717, 1.165) is 0 Å². The van der Waals surface area contributed by atoms with Crippen molar-refractivity contribution in [3.8, 4) is 5.75 Å². The highest BCUT2D eigenvalue weighted by atomic mass is 32.2. The first-order chi connectivity index (χ1) is 14.1. The van der Waals surface area contributed by atoms with Crippen LogP contribution in [0.2, 0.25) is 0 Å². The fourth-order valence-electron chi connectivity index (χ4n) is 2.37. The number of phenols is 1. The first-order valence-electron chi connectivity index (χ1n) is 9.26. The summed E-state index contributed by atoms with van der Waals surface area (Å²) in [6, 6.07) is 3.06. The van der Waals surface area contributed by atoms with Crippen LogP contribution in [0, 0.1) is 0 Å². The third-order valence-corrected chi connectivity index (χ3v) is 4.79. The van der Waals surface area contributed by atoms with Gasteiger partial charge in [-0.1, -0.05) is 12.1 Å². The van der Waals surface area contributed by atoms with Crippen molar-refractivity contribution in [2.75, 3.05) is 18.6 Å². The van der Waals surface area contributed by atoms with Crippen molar-refractivity contribution in [2.45, 2.75) is 37.9 Å². The highest BCUT2D eigenvalue weighted by Crippen LogP contribution is 2.11. The van der Waals surface area contributed by atoms with Crippen LogP contribution in [0.4, 0.5) is 0 Å². The lowest BCUT2D eigenvalue weighted by molar-refractivity contribution is -0.141. The van der Waals surface area contributed by atoms with E-state index in [1.165, 1.54) is 19.1 Å². The quantitative estimate of drug-likeness (QED) is 0.245. The molecule has 0 saturated carbocycles. The Labute approximate surface area is 179 Å². The maximum atomic E-state index is 12.5. The maximum absolute atomic E-state index is 12.5. The molecule has 0 fully saturated rings. The van der Waals surface area contributed by atoms with Crippen molar-refractivity contribution in [3.63, 3.8) is 0 Å². The summed E-state index contributed by atoms with van der Waals surface area (Å²) in [5, 5.41) is 25.6. The number of amides is 3. The van der Waals surface area contributed by atoms with Gasteiger partial charge in [-0.25, -0.2) is 0 Å². The first-order valence-corrected chi connectivity index (χ1v) is 10.7. The molecule has 0 aliphatic rings. The Morgan fingerprint density at radius 2 is 1.73 bits per heavy atom. The highest BCUT2D eigenvalue weighted by Gasteiger charge is 2.25. The van der Waals surface area contributed by atoms with E-state index in [9.17, 15) is 24.3 Å². The minimum atomic E-state index is -1.22. The number of carbonyl (C=O) groups is 4. The number of hydrogen-bond donors (Lipinski definition) is 6. The van der Waals surface area contributed by atoms with Crippen LogP contribution < -0.4 is 21.7 Å². The number of aliphatic carboxylic acids is 1. The van der Waals surface area contributed by atoms with E-state index in [1.807, 2.05) is 6.26 Å². The molecule has 30 heavy (non-hydrogen) atoms. The normalized spacial score (nSPS) is 13.6. The molecule has 10 nitrogen and oxygen atoms in total. The number of thioether (sulfide) groups is 1. The number of phenolic OH excluding ortho intramolecular Hbond substituents is 1. The molecule has 1 aromatic carbocycles. The molecule has 0 heterocycles. The Morgan fingerprint density at radius 3 is 2.30 bits per heavy atom. The third kappa shape index (κ3) is 9.14. The summed E-state index contributed by atoms with van der Waals surface area (Å²) < 4.78 is 0. The average molecular weight is 441 g/mol. The van der Waals surface area contributed by atoms with E-state index >= 15 is 0 Å². The zero-order valence-electron chi connectivity index (χ0n) is 16.9. The van der Waals surface area contributed by atoms with E-state index in [1.54, 1.807) is 23.9 Å². The lowest BCUT2D eigenvalue weighted by atomic mass is 10.0. The standard InChI is InChI=1S/C19H28N4O6S/c1-11(19(28)29)22-18(27)15(9-12-3-5-13(24)6-4-12)23-16(25)10-21-17(26)14(20)7-8-30-2/h3-6,11,14-15,24H,7-10,20H2,1-2H3,(H,21,26)(H,22,27)(H,23,25)(H,28,29). The van der Waals surface area contributed by atoms with Crippen molar-refractivity contribution in [3.05, 3.63) is 29.8 Å². The third-order valence-electron chi connectivity index (χ3n) is 4.15. The number of nitrogens with one attached hydrogen (secondary N) is 3. The molecule has 0 aliphatic heterocycles. The monoisotopic (exact) mass is 440 g/mol. The summed E-state index contributed by atoms with van der Waals surface area (Å²) in [6.45, 7) is 0.926.